The van der Waals surface area contributed by atoms with Crippen LogP contribution in [0.1, 0.15) is 74.2 Å². The van der Waals surface area contributed by atoms with Crippen molar-refractivity contribution in [2.75, 3.05) is 26.2 Å². The van der Waals surface area contributed by atoms with Crippen molar-refractivity contribution in [1.82, 2.24) is 9.80 Å². The van der Waals surface area contributed by atoms with Gasteiger partial charge in [-0.05, 0) is 67.6 Å². The topological polar surface area (TPSA) is 86.9 Å². The first kappa shape index (κ1) is 24.5. The van der Waals surface area contributed by atoms with Crippen LogP contribution in [-0.2, 0) is 4.79 Å². The molecule has 2 aliphatic heterocycles. The van der Waals surface area contributed by atoms with E-state index in [4.69, 9.17) is 5.73 Å². The quantitative estimate of drug-likeness (QED) is 0.516. The van der Waals surface area contributed by atoms with E-state index in [1.165, 1.54) is 18.4 Å². The zero-order valence-electron chi connectivity index (χ0n) is 19.6. The highest BCUT2D eigenvalue weighted by Gasteiger charge is 2.40. The Bertz CT molecular complexity index is 808. The van der Waals surface area contributed by atoms with Crippen molar-refractivity contribution in [1.29, 1.82) is 0 Å². The molecule has 0 spiro atoms. The Labute approximate surface area is 192 Å². The molecule has 1 aromatic rings. The first-order valence-corrected chi connectivity index (χ1v) is 11.9. The normalized spacial score (nSPS) is 23.2. The highest BCUT2D eigenvalue weighted by atomic mass is 16.3. The van der Waals surface area contributed by atoms with Gasteiger partial charge in [0.2, 0.25) is 11.8 Å². The summed E-state index contributed by atoms with van der Waals surface area (Å²) >= 11 is 0. The highest BCUT2D eigenvalue weighted by Crippen LogP contribution is 2.43. The molecule has 3 atom stereocenters. The van der Waals surface area contributed by atoms with E-state index >= 15 is 0 Å². The van der Waals surface area contributed by atoms with Crippen molar-refractivity contribution in [3.8, 4) is 0 Å². The Hall–Kier alpha value is -2.18. The molecular weight excluding hydrogens is 402 g/mol. The van der Waals surface area contributed by atoms with Gasteiger partial charge in [0.05, 0.1) is 0 Å². The molecule has 6 heteroatoms. The maximum Gasteiger partial charge on any atom is 0.248 e. The number of benzene rings is 1. The molecule has 0 aromatic heterocycles. The largest absolute Gasteiger partial charge is 0.387 e. The van der Waals surface area contributed by atoms with Gasteiger partial charge < -0.3 is 15.7 Å². The van der Waals surface area contributed by atoms with Crippen molar-refractivity contribution in [2.24, 2.45) is 11.1 Å². The first-order valence-electron chi connectivity index (χ1n) is 11.9. The average Bonchev–Trinajstić information content (AvgIpc) is 2.99. The minimum absolute atomic E-state index is 0.0522. The van der Waals surface area contributed by atoms with E-state index in [1.54, 1.807) is 6.07 Å². The van der Waals surface area contributed by atoms with Gasteiger partial charge in [-0.25, -0.2) is 0 Å². The van der Waals surface area contributed by atoms with E-state index in [1.807, 2.05) is 23.1 Å². The Morgan fingerprint density at radius 2 is 1.97 bits per heavy atom. The Kier molecular flexibility index (Phi) is 8.12. The van der Waals surface area contributed by atoms with Gasteiger partial charge in [-0.3, -0.25) is 14.5 Å². The van der Waals surface area contributed by atoms with Gasteiger partial charge in [-0.1, -0.05) is 32.1 Å². The number of aliphatic hydroxyl groups is 1. The van der Waals surface area contributed by atoms with E-state index in [-0.39, 0.29) is 17.2 Å². The van der Waals surface area contributed by atoms with Gasteiger partial charge in [0.15, 0.2) is 0 Å². The monoisotopic (exact) mass is 441 g/mol. The van der Waals surface area contributed by atoms with Crippen LogP contribution < -0.4 is 5.73 Å². The third-order valence-electron chi connectivity index (χ3n) is 7.18. The average molecular weight is 442 g/mol. The second-order valence-corrected chi connectivity index (χ2v) is 10.3. The highest BCUT2D eigenvalue weighted by molar-refractivity contribution is 5.92. The molecule has 2 saturated heterocycles. The Balaban J connectivity index is 1.56. The summed E-state index contributed by atoms with van der Waals surface area (Å²) in [4.78, 5) is 28.3. The lowest BCUT2D eigenvalue weighted by molar-refractivity contribution is -0.135. The number of nitrogens with two attached hydrogens (primary N) is 1. The lowest BCUT2D eigenvalue weighted by atomic mass is 9.84. The number of aliphatic hydroxyl groups excluding tert-OH is 1. The van der Waals surface area contributed by atoms with Crippen LogP contribution in [0.4, 0.5) is 0 Å². The molecule has 0 radical (unpaired) electrons. The van der Waals surface area contributed by atoms with E-state index in [2.05, 4.69) is 31.4 Å². The summed E-state index contributed by atoms with van der Waals surface area (Å²) in [6.07, 6.45) is 8.25. The number of allylic oxidation sites excluding steroid dienone is 1. The number of rotatable bonds is 11. The maximum absolute atomic E-state index is 12.3. The predicted octanol–water partition coefficient (Wildman–Crippen LogP) is 3.31. The fraction of sp³-hybridized carbons (Fsp3) is 0.615. The van der Waals surface area contributed by atoms with Crippen LogP contribution in [0.15, 0.2) is 36.9 Å². The molecule has 2 bridgehead atoms. The Morgan fingerprint density at radius 1 is 1.28 bits per heavy atom. The van der Waals surface area contributed by atoms with Crippen LogP contribution in [0, 0.1) is 5.41 Å². The van der Waals surface area contributed by atoms with E-state index < -0.39 is 6.61 Å². The molecule has 1 aromatic carbocycles. The molecule has 0 aliphatic carbocycles. The summed E-state index contributed by atoms with van der Waals surface area (Å²) in [6.45, 7) is 9.91. The van der Waals surface area contributed by atoms with Crippen molar-refractivity contribution >= 4 is 11.8 Å². The van der Waals surface area contributed by atoms with Crippen LogP contribution >= 0.6 is 0 Å². The zero-order chi connectivity index (χ0) is 23.3. The van der Waals surface area contributed by atoms with E-state index in [0.717, 1.165) is 32.2 Å². The number of hydrogen-bond donors (Lipinski definition) is 2. The second kappa shape index (κ2) is 10.6. The van der Waals surface area contributed by atoms with Crippen LogP contribution in [-0.4, -0.2) is 65.0 Å². The molecule has 2 heterocycles. The van der Waals surface area contributed by atoms with Crippen molar-refractivity contribution in [3.05, 3.63) is 48.0 Å². The lowest BCUT2D eigenvalue weighted by Crippen LogP contribution is -2.45. The number of hydrogen-bond acceptors (Lipinski definition) is 4. The number of amides is 2. The van der Waals surface area contributed by atoms with Crippen molar-refractivity contribution in [2.45, 2.75) is 70.4 Å². The number of carbonyl (C=O) groups excluding carboxylic acids is 2. The van der Waals surface area contributed by atoms with Crippen LogP contribution in [0.2, 0.25) is 0 Å². The smallest absolute Gasteiger partial charge is 0.248 e. The summed E-state index contributed by atoms with van der Waals surface area (Å²) in [5.41, 5.74) is 7.23. The second-order valence-electron chi connectivity index (χ2n) is 10.3. The molecule has 3 rings (SSSR count). The molecule has 0 unspecified atom stereocenters. The molecule has 2 amide bonds. The van der Waals surface area contributed by atoms with Crippen molar-refractivity contribution < 1.29 is 14.7 Å². The third-order valence-corrected chi connectivity index (χ3v) is 7.18. The van der Waals surface area contributed by atoms with Crippen LogP contribution in [0.25, 0.3) is 0 Å². The molecule has 0 saturated carbocycles. The fourth-order valence-corrected chi connectivity index (χ4v) is 5.67. The van der Waals surface area contributed by atoms with Gasteiger partial charge in [0, 0.05) is 37.3 Å². The maximum atomic E-state index is 12.3. The van der Waals surface area contributed by atoms with Gasteiger partial charge in [0.25, 0.3) is 0 Å². The van der Waals surface area contributed by atoms with Gasteiger partial charge in [-0.2, -0.15) is 0 Å². The summed E-state index contributed by atoms with van der Waals surface area (Å²) < 4.78 is 0. The number of nitrogens with zero attached hydrogens (tertiary/aromatic N) is 2. The predicted molar refractivity (Wildman–Crippen MR) is 127 cm³/mol. The molecule has 2 aliphatic rings. The summed E-state index contributed by atoms with van der Waals surface area (Å²) in [7, 11) is 0. The van der Waals surface area contributed by atoms with Crippen molar-refractivity contribution in [3.63, 3.8) is 0 Å². The van der Waals surface area contributed by atoms with Crippen LogP contribution in [0.3, 0.4) is 0 Å². The molecular formula is C26H39N3O3. The zero-order valence-corrected chi connectivity index (χ0v) is 19.6. The fourth-order valence-electron chi connectivity index (χ4n) is 5.67. The van der Waals surface area contributed by atoms with Crippen LogP contribution in [0.5, 0.6) is 0 Å². The molecule has 2 fully saturated rings. The molecule has 6 nitrogen and oxygen atoms in total. The molecule has 3 N–H and O–H groups in total. The molecule has 176 valence electrons. The summed E-state index contributed by atoms with van der Waals surface area (Å²) in [5, 5.41) is 9.41. The third kappa shape index (κ3) is 5.99. The number of piperidine rings is 1. The van der Waals surface area contributed by atoms with E-state index in [9.17, 15) is 14.7 Å². The minimum Gasteiger partial charge on any atom is -0.387 e. The lowest BCUT2D eigenvalue weighted by Gasteiger charge is -2.40. The Morgan fingerprint density at radius 3 is 2.56 bits per heavy atom. The van der Waals surface area contributed by atoms with Gasteiger partial charge >= 0.3 is 0 Å². The molecule has 32 heavy (non-hydrogen) atoms. The number of fused-ring (bicyclic) bond motifs is 2. The first-order chi connectivity index (χ1) is 15.2. The van der Waals surface area contributed by atoms with Gasteiger partial charge in [-0.15, -0.1) is 6.58 Å². The minimum atomic E-state index is -0.439. The number of carbonyl (C=O) groups is 2. The summed E-state index contributed by atoms with van der Waals surface area (Å²) in [5.74, 6) is -0.0983. The van der Waals surface area contributed by atoms with Gasteiger partial charge in [0.1, 0.15) is 6.61 Å². The SMILES string of the molecule is C=CCC(C)(C)CN(CCCN1[C@@H]2CC[C@H]1C[C@@H](c1cccc(C(N)=O)c1)C2)C(=O)CO. The number of primary amides is 1. The standard InChI is InChI=1S/C26H39N3O3/c1-4-11-26(2,3)18-28(24(31)17-30)12-6-13-29-22-9-10-23(29)16-21(15-22)19-7-5-8-20(14-19)25(27)32/h4-5,7-8,14,21-23,30H,1,6,9-13,15-18H2,2-3H3,(H2,27,32)/t21-,22+,23-. The summed E-state index contributed by atoms with van der Waals surface area (Å²) in [6, 6.07) is 8.90. The van der Waals surface area contributed by atoms with E-state index in [0.29, 0.717) is 36.7 Å².